The number of fused-ring (bicyclic) bond motifs is 7. The van der Waals surface area contributed by atoms with Gasteiger partial charge in [-0.05, 0) is 36.4 Å². The summed E-state index contributed by atoms with van der Waals surface area (Å²) in [6.45, 7) is 0. The molecule has 0 spiro atoms. The largest absolute Gasteiger partial charge is 0.456 e. The molecule has 0 radical (unpaired) electrons. The van der Waals surface area contributed by atoms with Gasteiger partial charge in [-0.1, -0.05) is 109 Å². The van der Waals surface area contributed by atoms with Crippen molar-refractivity contribution in [2.45, 2.75) is 0 Å². The molecule has 0 saturated carbocycles. The third-order valence-corrected chi connectivity index (χ3v) is 7.60. The molecular weight excluding hydrogens is 488 g/mol. The Morgan fingerprint density at radius 3 is 1.70 bits per heavy atom. The van der Waals surface area contributed by atoms with Crippen LogP contribution in [0.15, 0.2) is 146 Å². The molecule has 3 heterocycles. The number of hydrogen-bond acceptors (Lipinski definition) is 2. The van der Waals surface area contributed by atoms with E-state index in [1.54, 1.807) is 0 Å². The van der Waals surface area contributed by atoms with E-state index in [0.29, 0.717) is 0 Å². The average Bonchev–Trinajstić information content (AvgIpc) is 3.29. The van der Waals surface area contributed by atoms with Gasteiger partial charge in [-0.15, -0.1) is 0 Å². The van der Waals surface area contributed by atoms with Crippen LogP contribution < -0.4 is 4.74 Å². The quantitative estimate of drug-likeness (QED) is 0.236. The highest BCUT2D eigenvalue weighted by atomic mass is 16.5. The van der Waals surface area contributed by atoms with Gasteiger partial charge in [0, 0.05) is 33.2 Å². The summed E-state index contributed by atoms with van der Waals surface area (Å²) in [7, 11) is 0. The minimum Gasteiger partial charge on any atom is -0.456 e. The van der Waals surface area contributed by atoms with Crippen molar-refractivity contribution < 1.29 is 4.74 Å². The van der Waals surface area contributed by atoms with Crippen LogP contribution in [0.3, 0.4) is 0 Å². The van der Waals surface area contributed by atoms with Crippen molar-refractivity contribution in [1.29, 1.82) is 0 Å². The fourth-order valence-electron chi connectivity index (χ4n) is 5.83. The summed E-state index contributed by atoms with van der Waals surface area (Å²) < 4.78 is 8.93. The first-order chi connectivity index (χ1) is 19.8. The SMILES string of the molecule is c1ccc(-c2cc(-n3c4c(c5ccccc53)-c3ccccc3Oc3ccccc3-4)cc(-c3ccccc3)n2)cc1. The minimum atomic E-state index is 0.846. The zero-order valence-corrected chi connectivity index (χ0v) is 21.7. The lowest BCUT2D eigenvalue weighted by Gasteiger charge is -2.16. The van der Waals surface area contributed by atoms with Crippen LogP contribution in [0.25, 0.3) is 61.5 Å². The Morgan fingerprint density at radius 2 is 1.02 bits per heavy atom. The standard InChI is InChI=1S/C37H24N2O/c1-3-13-25(14-4-1)31-23-27(24-32(38-31)26-15-5-2-6-16-26)39-33-20-10-7-17-28(33)36-29-18-8-11-21-34(29)40-35-22-12-9-19-30(35)37(36)39/h1-24H. The molecule has 3 nitrogen and oxygen atoms in total. The Kier molecular flexibility index (Phi) is 5.14. The Hall–Kier alpha value is -5.41. The van der Waals surface area contributed by atoms with E-state index >= 15 is 0 Å². The Morgan fingerprint density at radius 1 is 0.500 bits per heavy atom. The van der Waals surface area contributed by atoms with E-state index in [0.717, 1.165) is 62.0 Å². The molecule has 0 amide bonds. The van der Waals surface area contributed by atoms with Gasteiger partial charge in [-0.25, -0.2) is 4.98 Å². The van der Waals surface area contributed by atoms with Crippen molar-refractivity contribution in [2.24, 2.45) is 0 Å². The van der Waals surface area contributed by atoms with Crippen molar-refractivity contribution in [3.8, 4) is 62.1 Å². The van der Waals surface area contributed by atoms with E-state index < -0.39 is 0 Å². The Bertz CT molecular complexity index is 1970. The topological polar surface area (TPSA) is 27.1 Å². The van der Waals surface area contributed by atoms with Crippen LogP contribution in [-0.2, 0) is 0 Å². The highest BCUT2D eigenvalue weighted by Crippen LogP contribution is 2.51. The second kappa shape index (κ2) is 9.11. The van der Waals surface area contributed by atoms with Gasteiger partial charge in [-0.3, -0.25) is 0 Å². The average molecular weight is 513 g/mol. The Labute approximate surface area is 232 Å². The van der Waals surface area contributed by atoms with Crippen molar-refractivity contribution in [3.63, 3.8) is 0 Å². The summed E-state index contributed by atoms with van der Waals surface area (Å²) in [5.74, 6) is 1.71. The minimum absolute atomic E-state index is 0.846. The predicted octanol–water partition coefficient (Wildman–Crippen LogP) is 9.80. The molecule has 0 atom stereocenters. The maximum Gasteiger partial charge on any atom is 0.136 e. The highest BCUT2D eigenvalue weighted by molar-refractivity contribution is 6.08. The van der Waals surface area contributed by atoms with Gasteiger partial charge in [0.05, 0.1) is 28.3 Å². The summed E-state index contributed by atoms with van der Waals surface area (Å²) in [5.41, 5.74) is 10.7. The molecular formula is C37H24N2O. The van der Waals surface area contributed by atoms with Crippen molar-refractivity contribution >= 4 is 10.9 Å². The lowest BCUT2D eigenvalue weighted by atomic mass is 9.98. The molecule has 0 bridgehead atoms. The third kappa shape index (κ3) is 3.56. The number of aromatic nitrogens is 2. The fourth-order valence-corrected chi connectivity index (χ4v) is 5.83. The second-order valence-corrected chi connectivity index (χ2v) is 10.00. The van der Waals surface area contributed by atoms with Gasteiger partial charge in [0.1, 0.15) is 11.5 Å². The van der Waals surface area contributed by atoms with Gasteiger partial charge in [0.25, 0.3) is 0 Å². The third-order valence-electron chi connectivity index (χ3n) is 7.60. The lowest BCUT2D eigenvalue weighted by Crippen LogP contribution is -2.01. The lowest BCUT2D eigenvalue weighted by molar-refractivity contribution is 0.487. The van der Waals surface area contributed by atoms with Crippen molar-refractivity contribution in [3.05, 3.63) is 146 Å². The first-order valence-electron chi connectivity index (χ1n) is 13.5. The van der Waals surface area contributed by atoms with Crippen molar-refractivity contribution in [1.82, 2.24) is 9.55 Å². The van der Waals surface area contributed by atoms with E-state index in [1.165, 1.54) is 10.9 Å². The summed E-state index contributed by atoms with van der Waals surface area (Å²) in [4.78, 5) is 5.14. The number of rotatable bonds is 3. The smallest absolute Gasteiger partial charge is 0.136 e. The van der Waals surface area contributed by atoms with Crippen LogP contribution in [0, 0.1) is 0 Å². The first-order valence-corrected chi connectivity index (χ1v) is 13.5. The molecule has 8 rings (SSSR count). The molecule has 1 aliphatic heterocycles. The number of hydrogen-bond donors (Lipinski definition) is 0. The van der Waals surface area contributed by atoms with E-state index in [2.05, 4.69) is 126 Å². The van der Waals surface area contributed by atoms with E-state index in [9.17, 15) is 0 Å². The van der Waals surface area contributed by atoms with Gasteiger partial charge in [-0.2, -0.15) is 0 Å². The van der Waals surface area contributed by atoms with Crippen LogP contribution in [0.5, 0.6) is 11.5 Å². The highest BCUT2D eigenvalue weighted by Gasteiger charge is 2.28. The fraction of sp³-hybridized carbons (Fsp3) is 0. The molecule has 5 aromatic carbocycles. The van der Waals surface area contributed by atoms with Crippen LogP contribution in [-0.4, -0.2) is 9.55 Å². The van der Waals surface area contributed by atoms with Crippen LogP contribution >= 0.6 is 0 Å². The normalized spacial score (nSPS) is 11.7. The maximum atomic E-state index is 6.54. The second-order valence-electron chi connectivity index (χ2n) is 10.00. The van der Waals surface area contributed by atoms with Crippen molar-refractivity contribution in [2.75, 3.05) is 0 Å². The van der Waals surface area contributed by atoms with E-state index in [4.69, 9.17) is 9.72 Å². The number of benzene rings is 5. The molecule has 1 aliphatic rings. The molecule has 40 heavy (non-hydrogen) atoms. The number of pyridine rings is 1. The van der Waals surface area contributed by atoms with Crippen LogP contribution in [0.4, 0.5) is 0 Å². The van der Waals surface area contributed by atoms with Gasteiger partial charge in [0.2, 0.25) is 0 Å². The van der Waals surface area contributed by atoms with Gasteiger partial charge >= 0.3 is 0 Å². The maximum absolute atomic E-state index is 6.54. The zero-order chi connectivity index (χ0) is 26.5. The molecule has 7 aromatic rings. The zero-order valence-electron chi connectivity index (χ0n) is 21.7. The van der Waals surface area contributed by atoms with Gasteiger partial charge in [0.15, 0.2) is 0 Å². The molecule has 0 aliphatic carbocycles. The van der Waals surface area contributed by atoms with E-state index in [-0.39, 0.29) is 0 Å². The van der Waals surface area contributed by atoms with Crippen LogP contribution in [0.1, 0.15) is 0 Å². The summed E-state index contributed by atoms with van der Waals surface area (Å²) >= 11 is 0. The predicted molar refractivity (Wildman–Crippen MR) is 163 cm³/mol. The molecule has 0 unspecified atom stereocenters. The number of nitrogens with zero attached hydrogens (tertiary/aromatic N) is 2. The van der Waals surface area contributed by atoms with Crippen LogP contribution in [0.2, 0.25) is 0 Å². The molecule has 0 fully saturated rings. The summed E-state index contributed by atoms with van der Waals surface area (Å²) in [5, 5.41) is 1.18. The molecule has 2 aromatic heterocycles. The van der Waals surface area contributed by atoms with Gasteiger partial charge < -0.3 is 9.30 Å². The number of para-hydroxylation sites is 3. The molecule has 3 heteroatoms. The number of ether oxygens (including phenoxy) is 1. The monoisotopic (exact) mass is 512 g/mol. The Balaban J connectivity index is 1.52. The summed E-state index contributed by atoms with van der Waals surface area (Å²) in [6, 6.07) is 50.5. The molecule has 0 N–H and O–H groups in total. The molecule has 0 saturated heterocycles. The van der Waals surface area contributed by atoms with E-state index in [1.807, 2.05) is 24.3 Å². The summed E-state index contributed by atoms with van der Waals surface area (Å²) in [6.07, 6.45) is 0. The molecule has 188 valence electrons. The first kappa shape index (κ1) is 22.6.